The monoisotopic (exact) mass is 210 g/mol. The second-order valence-corrected chi connectivity index (χ2v) is 3.05. The molecule has 0 rings (SSSR count). The summed E-state index contributed by atoms with van der Waals surface area (Å²) in [5.74, 6) is -1.87. The van der Waals surface area contributed by atoms with Gasteiger partial charge in [-0.15, -0.1) is 6.58 Å². The van der Waals surface area contributed by atoms with Gasteiger partial charge in [0.1, 0.15) is 12.2 Å². The largest absolute Gasteiger partial charge is 0.389 e. The van der Waals surface area contributed by atoms with E-state index >= 15 is 0 Å². The molecule has 0 unspecified atom stereocenters. The molecule has 0 amide bonds. The number of carbonyl (C=O) groups excluding carboxylic acids is 3. The number of Topliss-reactive ketones (excluding diaryl/α,β-unsaturated/α-hetero) is 1. The van der Waals surface area contributed by atoms with Crippen molar-refractivity contribution in [1.82, 2.24) is 0 Å². The van der Waals surface area contributed by atoms with Gasteiger partial charge in [0.25, 0.3) is 0 Å². The lowest BCUT2D eigenvalue weighted by Gasteiger charge is -2.01. The molecule has 0 radical (unpaired) electrons. The van der Waals surface area contributed by atoms with Crippen LogP contribution in [0.5, 0.6) is 0 Å². The number of esters is 2. The summed E-state index contributed by atoms with van der Waals surface area (Å²) in [5.41, 5.74) is 0.326. The molecule has 0 N–H and O–H groups in total. The van der Waals surface area contributed by atoms with Crippen LogP contribution >= 0.6 is 0 Å². The van der Waals surface area contributed by atoms with Crippen molar-refractivity contribution >= 4 is 17.7 Å². The standard InChI is InChI=1S/C11H14O4/c1-4-5-6-8(2)11(14)15-10(13)7-9(3)12/h4,6H,1,5,7H2,2-3H3. The highest BCUT2D eigenvalue weighted by Crippen LogP contribution is 2.01. The van der Waals surface area contributed by atoms with Crippen LogP contribution < -0.4 is 0 Å². The first-order valence-corrected chi connectivity index (χ1v) is 4.49. The maximum atomic E-state index is 11.2. The van der Waals surface area contributed by atoms with Gasteiger partial charge in [-0.3, -0.25) is 9.59 Å². The van der Waals surface area contributed by atoms with Crippen LogP contribution in [0.1, 0.15) is 26.7 Å². The number of ether oxygens (including phenoxy) is 1. The van der Waals surface area contributed by atoms with E-state index in [4.69, 9.17) is 0 Å². The first-order valence-electron chi connectivity index (χ1n) is 4.49. The van der Waals surface area contributed by atoms with E-state index in [9.17, 15) is 14.4 Å². The summed E-state index contributed by atoms with van der Waals surface area (Å²) in [6.07, 6.45) is 3.37. The van der Waals surface area contributed by atoms with Crippen molar-refractivity contribution in [3.8, 4) is 0 Å². The topological polar surface area (TPSA) is 60.4 Å². The number of hydrogen-bond donors (Lipinski definition) is 0. The number of carbonyl (C=O) groups is 3. The van der Waals surface area contributed by atoms with Crippen LogP contribution in [0.4, 0.5) is 0 Å². The van der Waals surface area contributed by atoms with Gasteiger partial charge in [0.2, 0.25) is 0 Å². The van der Waals surface area contributed by atoms with E-state index in [0.717, 1.165) is 0 Å². The molecule has 0 fully saturated rings. The van der Waals surface area contributed by atoms with E-state index < -0.39 is 11.9 Å². The molecule has 0 heterocycles. The summed E-state index contributed by atoms with van der Waals surface area (Å²) in [4.78, 5) is 32.7. The normalized spacial score (nSPS) is 10.7. The van der Waals surface area contributed by atoms with E-state index in [1.165, 1.54) is 13.8 Å². The summed E-state index contributed by atoms with van der Waals surface area (Å²) in [6, 6.07) is 0. The Morgan fingerprint density at radius 3 is 2.33 bits per heavy atom. The molecule has 0 bridgehead atoms. The molecule has 0 spiro atoms. The maximum Gasteiger partial charge on any atom is 0.341 e. The molecule has 0 aromatic heterocycles. The molecular weight excluding hydrogens is 196 g/mol. The average Bonchev–Trinajstić information content (AvgIpc) is 2.12. The fourth-order valence-corrected chi connectivity index (χ4v) is 0.767. The molecule has 4 nitrogen and oxygen atoms in total. The van der Waals surface area contributed by atoms with Crippen LogP contribution in [0.25, 0.3) is 0 Å². The zero-order valence-corrected chi connectivity index (χ0v) is 8.91. The van der Waals surface area contributed by atoms with Crippen molar-refractivity contribution in [2.75, 3.05) is 0 Å². The Labute approximate surface area is 88.6 Å². The van der Waals surface area contributed by atoms with Gasteiger partial charge in [0.15, 0.2) is 0 Å². The van der Waals surface area contributed by atoms with Gasteiger partial charge in [0.05, 0.1) is 0 Å². The Morgan fingerprint density at radius 1 is 1.27 bits per heavy atom. The quantitative estimate of drug-likeness (QED) is 0.299. The maximum absolute atomic E-state index is 11.2. The van der Waals surface area contributed by atoms with Crippen molar-refractivity contribution in [1.29, 1.82) is 0 Å². The van der Waals surface area contributed by atoms with E-state index in [-0.39, 0.29) is 12.2 Å². The third kappa shape index (κ3) is 6.37. The van der Waals surface area contributed by atoms with Crippen LogP contribution in [-0.4, -0.2) is 17.7 Å². The summed E-state index contributed by atoms with van der Waals surface area (Å²) in [5, 5.41) is 0. The van der Waals surface area contributed by atoms with Crippen LogP contribution in [0, 0.1) is 0 Å². The van der Waals surface area contributed by atoms with Crippen molar-refractivity contribution in [3.05, 3.63) is 24.3 Å². The highest BCUT2D eigenvalue weighted by molar-refractivity contribution is 6.01. The summed E-state index contributed by atoms with van der Waals surface area (Å²) >= 11 is 0. The van der Waals surface area contributed by atoms with Crippen molar-refractivity contribution in [2.24, 2.45) is 0 Å². The minimum absolute atomic E-state index is 0.326. The number of ketones is 1. The van der Waals surface area contributed by atoms with E-state index in [1.807, 2.05) is 0 Å². The van der Waals surface area contributed by atoms with Gasteiger partial charge in [-0.1, -0.05) is 12.2 Å². The predicted molar refractivity (Wildman–Crippen MR) is 55.0 cm³/mol. The minimum Gasteiger partial charge on any atom is -0.389 e. The summed E-state index contributed by atoms with van der Waals surface area (Å²) in [7, 11) is 0. The second-order valence-electron chi connectivity index (χ2n) is 3.05. The molecule has 0 saturated carbocycles. The molecule has 0 atom stereocenters. The van der Waals surface area contributed by atoms with Crippen LogP contribution in [0.2, 0.25) is 0 Å². The fourth-order valence-electron chi connectivity index (χ4n) is 0.767. The van der Waals surface area contributed by atoms with E-state index in [1.54, 1.807) is 12.2 Å². The molecule has 0 saturated heterocycles. The molecule has 0 aromatic carbocycles. The Hall–Kier alpha value is -1.71. The third-order valence-electron chi connectivity index (χ3n) is 1.51. The van der Waals surface area contributed by atoms with E-state index in [0.29, 0.717) is 12.0 Å². The highest BCUT2D eigenvalue weighted by Gasteiger charge is 2.13. The molecule has 0 aliphatic carbocycles. The van der Waals surface area contributed by atoms with Gasteiger partial charge >= 0.3 is 11.9 Å². The first-order chi connectivity index (χ1) is 6.97. The lowest BCUT2D eigenvalue weighted by molar-refractivity contribution is -0.157. The third-order valence-corrected chi connectivity index (χ3v) is 1.51. The zero-order chi connectivity index (χ0) is 11.8. The Kier molecular flexibility index (Phi) is 5.94. The van der Waals surface area contributed by atoms with Gasteiger partial charge < -0.3 is 4.74 Å². The SMILES string of the molecule is C=CCC=C(C)C(=O)OC(=O)CC(C)=O. The highest BCUT2D eigenvalue weighted by atomic mass is 16.6. The molecule has 4 heteroatoms. The molecule has 82 valence electrons. The number of rotatable bonds is 5. The summed E-state index contributed by atoms with van der Waals surface area (Å²) in [6.45, 7) is 6.27. The van der Waals surface area contributed by atoms with E-state index in [2.05, 4.69) is 11.3 Å². The fraction of sp³-hybridized carbons (Fsp3) is 0.364. The van der Waals surface area contributed by atoms with Gasteiger partial charge in [-0.2, -0.15) is 0 Å². The summed E-state index contributed by atoms with van der Waals surface area (Å²) < 4.78 is 4.42. The smallest absolute Gasteiger partial charge is 0.341 e. The zero-order valence-electron chi connectivity index (χ0n) is 8.91. The van der Waals surface area contributed by atoms with Gasteiger partial charge in [-0.25, -0.2) is 4.79 Å². The molecule has 0 aromatic rings. The van der Waals surface area contributed by atoms with Crippen molar-refractivity contribution in [2.45, 2.75) is 26.7 Å². The molecule has 0 aliphatic rings. The average molecular weight is 210 g/mol. The van der Waals surface area contributed by atoms with Crippen molar-refractivity contribution in [3.63, 3.8) is 0 Å². The number of hydrogen-bond acceptors (Lipinski definition) is 4. The lowest BCUT2D eigenvalue weighted by atomic mass is 10.2. The molecule has 15 heavy (non-hydrogen) atoms. The van der Waals surface area contributed by atoms with Crippen molar-refractivity contribution < 1.29 is 19.1 Å². The predicted octanol–water partition coefficient (Wildman–Crippen LogP) is 1.56. The second kappa shape index (κ2) is 6.70. The minimum atomic E-state index is -0.821. The lowest BCUT2D eigenvalue weighted by Crippen LogP contribution is -2.15. The molecule has 0 aliphatic heterocycles. The molecular formula is C11H14O4. The van der Waals surface area contributed by atoms with Crippen LogP contribution in [-0.2, 0) is 19.1 Å². The Morgan fingerprint density at radius 2 is 1.87 bits per heavy atom. The van der Waals surface area contributed by atoms with Gasteiger partial charge in [-0.05, 0) is 20.3 Å². The van der Waals surface area contributed by atoms with Crippen LogP contribution in [0.15, 0.2) is 24.3 Å². The number of allylic oxidation sites excluding steroid dienone is 2. The Balaban J connectivity index is 4.18. The first kappa shape index (κ1) is 13.3. The van der Waals surface area contributed by atoms with Crippen LogP contribution in [0.3, 0.4) is 0 Å². The van der Waals surface area contributed by atoms with Gasteiger partial charge in [0, 0.05) is 5.57 Å². The Bertz CT molecular complexity index is 313.